The Bertz CT molecular complexity index is 251. The summed E-state index contributed by atoms with van der Waals surface area (Å²) in [6, 6.07) is 0. The third kappa shape index (κ3) is 2.72. The molecule has 2 fully saturated rings. The third-order valence-electron chi connectivity index (χ3n) is 3.42. The van der Waals surface area contributed by atoms with Crippen molar-refractivity contribution < 1.29 is 4.79 Å². The number of amides is 1. The van der Waals surface area contributed by atoms with Crippen molar-refractivity contribution in [3.8, 4) is 0 Å². The Morgan fingerprint density at radius 1 is 1.50 bits per heavy atom. The molecule has 0 aromatic heterocycles. The molecule has 0 saturated carbocycles. The van der Waals surface area contributed by atoms with E-state index in [-0.39, 0.29) is 12.1 Å². The van der Waals surface area contributed by atoms with Crippen LogP contribution in [0.15, 0.2) is 0 Å². The molecule has 0 aliphatic carbocycles. The molecule has 0 spiro atoms. The SMILES string of the molecule is CC(C)C1NCC(=O)N1CC1CCCCS1. The molecular formula is C12H22N2OS. The fourth-order valence-electron chi connectivity index (χ4n) is 2.54. The monoisotopic (exact) mass is 242 g/mol. The summed E-state index contributed by atoms with van der Waals surface area (Å²) >= 11 is 2.04. The first-order valence-corrected chi connectivity index (χ1v) is 7.38. The van der Waals surface area contributed by atoms with Gasteiger partial charge in [-0.25, -0.2) is 0 Å². The number of carbonyl (C=O) groups excluding carboxylic acids is 1. The highest BCUT2D eigenvalue weighted by Crippen LogP contribution is 2.27. The van der Waals surface area contributed by atoms with Crippen molar-refractivity contribution in [2.24, 2.45) is 5.92 Å². The van der Waals surface area contributed by atoms with E-state index in [2.05, 4.69) is 24.1 Å². The molecule has 92 valence electrons. The van der Waals surface area contributed by atoms with Crippen LogP contribution in [0.5, 0.6) is 0 Å². The average Bonchev–Trinajstić information content (AvgIpc) is 2.62. The quantitative estimate of drug-likeness (QED) is 0.817. The molecular weight excluding hydrogens is 220 g/mol. The van der Waals surface area contributed by atoms with Gasteiger partial charge in [0.2, 0.25) is 5.91 Å². The first-order chi connectivity index (χ1) is 7.68. The minimum atomic E-state index is 0.259. The average molecular weight is 242 g/mol. The molecule has 1 N–H and O–H groups in total. The molecule has 2 aliphatic heterocycles. The van der Waals surface area contributed by atoms with Gasteiger partial charge in [-0.05, 0) is 24.5 Å². The zero-order valence-corrected chi connectivity index (χ0v) is 11.1. The summed E-state index contributed by atoms with van der Waals surface area (Å²) in [5.41, 5.74) is 0. The summed E-state index contributed by atoms with van der Waals surface area (Å²) in [5, 5.41) is 3.98. The van der Waals surface area contributed by atoms with Crippen molar-refractivity contribution in [3.63, 3.8) is 0 Å². The second kappa shape index (κ2) is 5.41. The van der Waals surface area contributed by atoms with E-state index in [1.54, 1.807) is 0 Å². The molecule has 3 nitrogen and oxygen atoms in total. The summed E-state index contributed by atoms with van der Waals surface area (Å²) in [6.07, 6.45) is 4.22. The highest BCUT2D eigenvalue weighted by atomic mass is 32.2. The van der Waals surface area contributed by atoms with Crippen molar-refractivity contribution >= 4 is 17.7 Å². The van der Waals surface area contributed by atoms with Crippen molar-refractivity contribution in [2.75, 3.05) is 18.8 Å². The Kier molecular flexibility index (Phi) is 4.14. The van der Waals surface area contributed by atoms with Crippen LogP contribution < -0.4 is 5.32 Å². The number of carbonyl (C=O) groups is 1. The van der Waals surface area contributed by atoms with Gasteiger partial charge in [-0.2, -0.15) is 11.8 Å². The summed E-state index contributed by atoms with van der Waals surface area (Å²) in [5.74, 6) is 2.05. The fourth-order valence-corrected chi connectivity index (χ4v) is 3.84. The number of nitrogens with one attached hydrogen (secondary N) is 1. The number of hydrogen-bond acceptors (Lipinski definition) is 3. The zero-order valence-electron chi connectivity index (χ0n) is 10.2. The van der Waals surface area contributed by atoms with Gasteiger partial charge in [0.1, 0.15) is 0 Å². The summed E-state index contributed by atoms with van der Waals surface area (Å²) < 4.78 is 0. The molecule has 4 heteroatoms. The van der Waals surface area contributed by atoms with Gasteiger partial charge in [0.15, 0.2) is 0 Å². The van der Waals surface area contributed by atoms with E-state index >= 15 is 0 Å². The maximum atomic E-state index is 11.8. The molecule has 0 bridgehead atoms. The van der Waals surface area contributed by atoms with Gasteiger partial charge in [0.05, 0.1) is 12.7 Å². The maximum Gasteiger partial charge on any atom is 0.237 e. The van der Waals surface area contributed by atoms with E-state index in [9.17, 15) is 4.79 Å². The summed E-state index contributed by atoms with van der Waals surface area (Å²) in [7, 11) is 0. The van der Waals surface area contributed by atoms with E-state index < -0.39 is 0 Å². The lowest BCUT2D eigenvalue weighted by Crippen LogP contribution is -2.44. The van der Waals surface area contributed by atoms with Crippen LogP contribution in [0, 0.1) is 5.92 Å². The highest BCUT2D eigenvalue weighted by molar-refractivity contribution is 7.99. The van der Waals surface area contributed by atoms with E-state index in [1.165, 1.54) is 25.0 Å². The lowest BCUT2D eigenvalue weighted by atomic mass is 10.1. The van der Waals surface area contributed by atoms with Crippen LogP contribution in [0.4, 0.5) is 0 Å². The van der Waals surface area contributed by atoms with Gasteiger partial charge in [0, 0.05) is 11.8 Å². The van der Waals surface area contributed by atoms with Crippen LogP contribution >= 0.6 is 11.8 Å². The van der Waals surface area contributed by atoms with Crippen molar-refractivity contribution in [1.82, 2.24) is 10.2 Å². The zero-order chi connectivity index (χ0) is 11.5. The molecule has 16 heavy (non-hydrogen) atoms. The maximum absolute atomic E-state index is 11.8. The lowest BCUT2D eigenvalue weighted by molar-refractivity contribution is -0.128. The van der Waals surface area contributed by atoms with Crippen LogP contribution in [0.25, 0.3) is 0 Å². The van der Waals surface area contributed by atoms with Gasteiger partial charge in [-0.1, -0.05) is 20.3 Å². The number of hydrogen-bond donors (Lipinski definition) is 1. The smallest absolute Gasteiger partial charge is 0.237 e. The van der Waals surface area contributed by atoms with Crippen molar-refractivity contribution in [3.05, 3.63) is 0 Å². The minimum Gasteiger partial charge on any atom is -0.325 e. The first-order valence-electron chi connectivity index (χ1n) is 6.33. The molecule has 2 heterocycles. The lowest BCUT2D eigenvalue weighted by Gasteiger charge is -2.32. The molecule has 2 aliphatic rings. The predicted octanol–water partition coefficient (Wildman–Crippen LogP) is 1.69. The van der Waals surface area contributed by atoms with Crippen LogP contribution in [0.1, 0.15) is 33.1 Å². The largest absolute Gasteiger partial charge is 0.325 e. The second-order valence-corrected chi connectivity index (χ2v) is 6.51. The van der Waals surface area contributed by atoms with Crippen LogP contribution in [0.2, 0.25) is 0 Å². The number of rotatable bonds is 3. The molecule has 0 radical (unpaired) electrons. The highest BCUT2D eigenvalue weighted by Gasteiger charge is 2.34. The Morgan fingerprint density at radius 3 is 2.94 bits per heavy atom. The van der Waals surface area contributed by atoms with E-state index in [4.69, 9.17) is 0 Å². The van der Waals surface area contributed by atoms with Crippen molar-refractivity contribution in [2.45, 2.75) is 44.5 Å². The van der Waals surface area contributed by atoms with Crippen LogP contribution in [0.3, 0.4) is 0 Å². The van der Waals surface area contributed by atoms with Crippen LogP contribution in [-0.4, -0.2) is 41.1 Å². The van der Waals surface area contributed by atoms with E-state index in [1.807, 2.05) is 11.8 Å². The fraction of sp³-hybridized carbons (Fsp3) is 0.917. The van der Waals surface area contributed by atoms with Crippen LogP contribution in [-0.2, 0) is 4.79 Å². The normalized spacial score (nSPS) is 31.4. The Morgan fingerprint density at radius 2 is 2.31 bits per heavy atom. The molecule has 2 unspecified atom stereocenters. The van der Waals surface area contributed by atoms with Crippen molar-refractivity contribution in [1.29, 1.82) is 0 Å². The summed E-state index contributed by atoms with van der Waals surface area (Å²) in [4.78, 5) is 13.9. The molecule has 0 aromatic rings. The molecule has 2 atom stereocenters. The topological polar surface area (TPSA) is 32.3 Å². The Balaban J connectivity index is 1.92. The Labute approximate surface area is 102 Å². The van der Waals surface area contributed by atoms with Gasteiger partial charge in [0.25, 0.3) is 0 Å². The third-order valence-corrected chi connectivity index (χ3v) is 4.80. The second-order valence-electron chi connectivity index (χ2n) is 5.10. The number of thioether (sulfide) groups is 1. The van der Waals surface area contributed by atoms with E-state index in [0.717, 1.165) is 6.54 Å². The number of nitrogens with zero attached hydrogens (tertiary/aromatic N) is 1. The Hall–Kier alpha value is -0.220. The minimum absolute atomic E-state index is 0.259. The van der Waals surface area contributed by atoms with Gasteiger partial charge in [-0.3, -0.25) is 10.1 Å². The molecule has 1 amide bonds. The summed E-state index contributed by atoms with van der Waals surface area (Å²) in [6.45, 7) is 5.83. The molecule has 2 saturated heterocycles. The molecule has 0 aromatic carbocycles. The van der Waals surface area contributed by atoms with Gasteiger partial charge >= 0.3 is 0 Å². The van der Waals surface area contributed by atoms with E-state index in [0.29, 0.717) is 17.7 Å². The molecule has 2 rings (SSSR count). The van der Waals surface area contributed by atoms with Gasteiger partial charge < -0.3 is 4.90 Å². The first kappa shape index (κ1) is 12.2. The van der Waals surface area contributed by atoms with Gasteiger partial charge in [-0.15, -0.1) is 0 Å². The standard InChI is InChI=1S/C12H22N2OS/c1-9(2)12-13-7-11(15)14(12)8-10-5-3-4-6-16-10/h9-10,12-13H,3-8H2,1-2H3. The predicted molar refractivity (Wildman–Crippen MR) is 68.4 cm³/mol.